The molecule has 17 heavy (non-hydrogen) atoms. The molecule has 2 heterocycles. The van der Waals surface area contributed by atoms with Crippen molar-refractivity contribution in [1.29, 1.82) is 0 Å². The van der Waals surface area contributed by atoms with E-state index in [1.807, 2.05) is 18.4 Å². The average molecular weight is 253 g/mol. The van der Waals surface area contributed by atoms with Gasteiger partial charge in [0, 0.05) is 17.4 Å². The summed E-state index contributed by atoms with van der Waals surface area (Å²) in [6.07, 6.45) is 0.755. The maximum absolute atomic E-state index is 6.00. The first-order valence-electron chi connectivity index (χ1n) is 5.67. The normalized spacial score (nSPS) is 13.5. The SMILES string of the molecule is CC(C)(N)Cc1nn2c(C(C)(C)C)nnc2s1. The second kappa shape index (κ2) is 3.74. The van der Waals surface area contributed by atoms with Crippen LogP contribution in [0.3, 0.4) is 0 Å². The molecule has 2 aromatic rings. The molecule has 2 rings (SSSR count). The van der Waals surface area contributed by atoms with Crippen LogP contribution in [0, 0.1) is 0 Å². The number of nitrogens with two attached hydrogens (primary N) is 1. The molecule has 0 aromatic carbocycles. The van der Waals surface area contributed by atoms with Crippen molar-refractivity contribution in [2.24, 2.45) is 5.73 Å². The van der Waals surface area contributed by atoms with E-state index in [1.165, 1.54) is 0 Å². The van der Waals surface area contributed by atoms with Crippen molar-refractivity contribution in [2.45, 2.75) is 52.0 Å². The zero-order valence-electron chi connectivity index (χ0n) is 11.0. The Bertz CT molecular complexity index is 526. The van der Waals surface area contributed by atoms with Crippen molar-refractivity contribution >= 4 is 16.3 Å². The van der Waals surface area contributed by atoms with Crippen molar-refractivity contribution < 1.29 is 0 Å². The van der Waals surface area contributed by atoms with Gasteiger partial charge in [-0.1, -0.05) is 32.1 Å². The van der Waals surface area contributed by atoms with Gasteiger partial charge in [0.05, 0.1) is 0 Å². The molecule has 0 amide bonds. The van der Waals surface area contributed by atoms with Crippen LogP contribution in [0.15, 0.2) is 0 Å². The molecule has 0 atom stereocenters. The molecule has 2 aromatic heterocycles. The Morgan fingerprint density at radius 2 is 1.82 bits per heavy atom. The third-order valence-corrected chi connectivity index (χ3v) is 3.21. The summed E-state index contributed by atoms with van der Waals surface area (Å²) in [5, 5.41) is 13.9. The lowest BCUT2D eigenvalue weighted by atomic mass is 9.96. The first-order valence-corrected chi connectivity index (χ1v) is 6.49. The average Bonchev–Trinajstić information content (AvgIpc) is 2.55. The number of rotatable bonds is 2. The number of aromatic nitrogens is 4. The predicted octanol–water partition coefficient (Wildman–Crippen LogP) is 1.76. The predicted molar refractivity (Wildman–Crippen MR) is 69.3 cm³/mol. The molecule has 94 valence electrons. The minimum atomic E-state index is -0.245. The highest BCUT2D eigenvalue weighted by atomic mass is 32.1. The van der Waals surface area contributed by atoms with E-state index in [0.717, 1.165) is 22.2 Å². The fraction of sp³-hybridized carbons (Fsp3) is 0.727. The molecule has 5 nitrogen and oxygen atoms in total. The molecule has 0 saturated carbocycles. The first kappa shape index (κ1) is 12.4. The maximum atomic E-state index is 6.00. The Labute approximate surface area is 105 Å². The Morgan fingerprint density at radius 1 is 1.18 bits per heavy atom. The summed E-state index contributed by atoms with van der Waals surface area (Å²) in [5.74, 6) is 0.893. The van der Waals surface area contributed by atoms with Crippen LogP contribution in [0.2, 0.25) is 0 Å². The Kier molecular flexibility index (Phi) is 2.74. The van der Waals surface area contributed by atoms with E-state index in [-0.39, 0.29) is 11.0 Å². The lowest BCUT2D eigenvalue weighted by Crippen LogP contribution is -2.34. The van der Waals surface area contributed by atoms with Gasteiger partial charge < -0.3 is 5.73 Å². The molecule has 0 aliphatic rings. The third kappa shape index (κ3) is 2.63. The lowest BCUT2D eigenvalue weighted by Gasteiger charge is -2.16. The minimum absolute atomic E-state index is 0.0526. The summed E-state index contributed by atoms with van der Waals surface area (Å²) in [6.45, 7) is 10.3. The van der Waals surface area contributed by atoms with Gasteiger partial charge in [-0.05, 0) is 13.8 Å². The number of hydrogen-bond acceptors (Lipinski definition) is 5. The monoisotopic (exact) mass is 253 g/mol. The molecule has 6 heteroatoms. The Hall–Kier alpha value is -1.01. The van der Waals surface area contributed by atoms with Gasteiger partial charge in [-0.25, -0.2) is 0 Å². The van der Waals surface area contributed by atoms with Crippen molar-refractivity contribution in [2.75, 3.05) is 0 Å². The Morgan fingerprint density at radius 3 is 2.35 bits per heavy atom. The topological polar surface area (TPSA) is 69.1 Å². The van der Waals surface area contributed by atoms with Gasteiger partial charge in [-0.15, -0.1) is 10.2 Å². The molecule has 0 saturated heterocycles. The van der Waals surface area contributed by atoms with Crippen molar-refractivity contribution in [3.63, 3.8) is 0 Å². The largest absolute Gasteiger partial charge is 0.325 e. The highest BCUT2D eigenvalue weighted by Crippen LogP contribution is 2.24. The van der Waals surface area contributed by atoms with Crippen LogP contribution in [0.4, 0.5) is 0 Å². The van der Waals surface area contributed by atoms with Crippen LogP contribution < -0.4 is 5.73 Å². The molecule has 0 bridgehead atoms. The van der Waals surface area contributed by atoms with E-state index in [9.17, 15) is 0 Å². The van der Waals surface area contributed by atoms with Gasteiger partial charge >= 0.3 is 0 Å². The highest BCUT2D eigenvalue weighted by Gasteiger charge is 2.24. The smallest absolute Gasteiger partial charge is 0.234 e. The van der Waals surface area contributed by atoms with Crippen LogP contribution in [0.5, 0.6) is 0 Å². The molecular weight excluding hydrogens is 234 g/mol. The summed E-state index contributed by atoms with van der Waals surface area (Å²) in [7, 11) is 0. The van der Waals surface area contributed by atoms with Crippen LogP contribution >= 0.6 is 11.3 Å². The van der Waals surface area contributed by atoms with E-state index >= 15 is 0 Å². The maximum Gasteiger partial charge on any atom is 0.234 e. The van der Waals surface area contributed by atoms with E-state index in [2.05, 4.69) is 36.1 Å². The molecule has 0 radical (unpaired) electrons. The Balaban J connectivity index is 2.42. The van der Waals surface area contributed by atoms with Crippen molar-refractivity contribution in [3.05, 3.63) is 10.8 Å². The van der Waals surface area contributed by atoms with E-state index in [4.69, 9.17) is 5.73 Å². The van der Waals surface area contributed by atoms with Crippen LogP contribution in [0.1, 0.15) is 45.5 Å². The molecule has 0 aliphatic carbocycles. The zero-order chi connectivity index (χ0) is 12.8. The second-order valence-electron chi connectivity index (χ2n) is 6.13. The summed E-state index contributed by atoms with van der Waals surface area (Å²) in [4.78, 5) is 0.842. The van der Waals surface area contributed by atoms with Gasteiger partial charge in [0.1, 0.15) is 5.01 Å². The molecular formula is C11H19N5S. The third-order valence-electron chi connectivity index (χ3n) is 2.31. The summed E-state index contributed by atoms with van der Waals surface area (Å²) in [6, 6.07) is 0. The van der Waals surface area contributed by atoms with Crippen LogP contribution in [0.25, 0.3) is 4.96 Å². The molecule has 0 fully saturated rings. The zero-order valence-corrected chi connectivity index (χ0v) is 11.8. The number of hydrogen-bond donors (Lipinski definition) is 1. The molecule has 0 aliphatic heterocycles. The van der Waals surface area contributed by atoms with Crippen molar-refractivity contribution in [3.8, 4) is 0 Å². The standard InChI is InChI=1S/C11H19N5S/c1-10(2,3)8-13-14-9-16(8)15-7(17-9)6-11(4,5)12/h6,12H2,1-5H3. The van der Waals surface area contributed by atoms with Gasteiger partial charge in [0.25, 0.3) is 0 Å². The molecule has 2 N–H and O–H groups in total. The minimum Gasteiger partial charge on any atom is -0.325 e. The highest BCUT2D eigenvalue weighted by molar-refractivity contribution is 7.16. The number of fused-ring (bicyclic) bond motifs is 1. The van der Waals surface area contributed by atoms with Crippen LogP contribution in [-0.2, 0) is 11.8 Å². The van der Waals surface area contributed by atoms with Gasteiger partial charge in [0.2, 0.25) is 4.96 Å². The quantitative estimate of drug-likeness (QED) is 0.885. The fourth-order valence-corrected chi connectivity index (χ4v) is 2.66. The molecule has 0 spiro atoms. The van der Waals surface area contributed by atoms with Gasteiger partial charge in [0.15, 0.2) is 5.82 Å². The summed E-state index contributed by atoms with van der Waals surface area (Å²) in [5.41, 5.74) is 5.71. The van der Waals surface area contributed by atoms with Gasteiger partial charge in [-0.3, -0.25) is 0 Å². The number of nitrogens with zero attached hydrogens (tertiary/aromatic N) is 4. The second-order valence-corrected chi connectivity index (χ2v) is 7.17. The van der Waals surface area contributed by atoms with E-state index in [0.29, 0.717) is 0 Å². The lowest BCUT2D eigenvalue weighted by molar-refractivity contribution is 0.503. The summed E-state index contributed by atoms with van der Waals surface area (Å²) >= 11 is 1.56. The molecule has 0 unspecified atom stereocenters. The summed E-state index contributed by atoms with van der Waals surface area (Å²) < 4.78 is 1.84. The van der Waals surface area contributed by atoms with Crippen molar-refractivity contribution in [1.82, 2.24) is 19.8 Å². The van der Waals surface area contributed by atoms with E-state index < -0.39 is 0 Å². The van der Waals surface area contributed by atoms with E-state index in [1.54, 1.807) is 11.3 Å². The fourth-order valence-electron chi connectivity index (χ4n) is 1.59. The van der Waals surface area contributed by atoms with Gasteiger partial charge in [-0.2, -0.15) is 9.61 Å². The first-order chi connectivity index (χ1) is 7.67. The van der Waals surface area contributed by atoms with Crippen LogP contribution in [-0.4, -0.2) is 25.4 Å².